The third-order valence-electron chi connectivity index (χ3n) is 3.39. The van der Waals surface area contributed by atoms with E-state index in [1.165, 1.54) is 0 Å². The first-order chi connectivity index (χ1) is 6.83. The maximum absolute atomic E-state index is 11.8. The summed E-state index contributed by atoms with van der Waals surface area (Å²) in [5.74, 6) is 0.324. The Kier molecular flexibility index (Phi) is 2.07. The lowest BCUT2D eigenvalue weighted by molar-refractivity contribution is -0.127. The quantitative estimate of drug-likeness (QED) is 0.594. The highest BCUT2D eigenvalue weighted by Gasteiger charge is 2.52. The number of amides is 3. The van der Waals surface area contributed by atoms with E-state index in [2.05, 4.69) is 31.4 Å². The van der Waals surface area contributed by atoms with E-state index in [1.54, 1.807) is 0 Å². The van der Waals surface area contributed by atoms with Crippen LogP contribution in [0.3, 0.4) is 0 Å². The number of nitrogens with one attached hydrogen (secondary N) is 2. The summed E-state index contributed by atoms with van der Waals surface area (Å²) in [7, 11) is 0. The van der Waals surface area contributed by atoms with Crippen LogP contribution in [0.1, 0.15) is 40.0 Å². The van der Waals surface area contributed by atoms with Crippen molar-refractivity contribution < 1.29 is 9.59 Å². The molecule has 2 rings (SSSR count). The second kappa shape index (κ2) is 2.97. The van der Waals surface area contributed by atoms with Gasteiger partial charge in [0.25, 0.3) is 5.91 Å². The van der Waals surface area contributed by atoms with Gasteiger partial charge in [-0.15, -0.1) is 0 Å². The molecular formula is C11H18N2O2. The summed E-state index contributed by atoms with van der Waals surface area (Å²) in [5, 5.41) is 5.15. The Bertz CT molecular complexity index is 325. The normalized spacial score (nSPS) is 39.0. The predicted octanol–water partition coefficient (Wildman–Crippen LogP) is 1.41. The molecule has 4 nitrogen and oxygen atoms in total. The summed E-state index contributed by atoms with van der Waals surface area (Å²) in [6.07, 6.45) is 2.60. The van der Waals surface area contributed by atoms with Crippen LogP contribution < -0.4 is 10.6 Å². The van der Waals surface area contributed by atoms with Crippen molar-refractivity contribution in [2.45, 2.75) is 45.6 Å². The molecule has 4 heteroatoms. The highest BCUT2D eigenvalue weighted by atomic mass is 16.2. The summed E-state index contributed by atoms with van der Waals surface area (Å²) in [6.45, 7) is 6.45. The zero-order valence-corrected chi connectivity index (χ0v) is 9.52. The molecule has 0 aromatic heterocycles. The third-order valence-corrected chi connectivity index (χ3v) is 3.39. The van der Waals surface area contributed by atoms with Gasteiger partial charge in [-0.1, -0.05) is 20.8 Å². The molecule has 2 N–H and O–H groups in total. The van der Waals surface area contributed by atoms with Gasteiger partial charge in [-0.3, -0.25) is 10.1 Å². The average Bonchev–Trinajstić information content (AvgIpc) is 2.20. The first-order valence-electron chi connectivity index (χ1n) is 5.47. The molecule has 0 radical (unpaired) electrons. The number of urea groups is 1. The first-order valence-corrected chi connectivity index (χ1v) is 5.47. The van der Waals surface area contributed by atoms with E-state index in [9.17, 15) is 9.59 Å². The van der Waals surface area contributed by atoms with Crippen molar-refractivity contribution in [1.29, 1.82) is 0 Å². The first kappa shape index (κ1) is 10.5. The summed E-state index contributed by atoms with van der Waals surface area (Å²) in [6, 6.07) is -0.343. The minimum absolute atomic E-state index is 0.118. The number of rotatable bonds is 0. The molecule has 1 spiro atoms. The summed E-state index contributed by atoms with van der Waals surface area (Å²) in [4.78, 5) is 23.0. The van der Waals surface area contributed by atoms with Crippen LogP contribution in [-0.2, 0) is 4.79 Å². The van der Waals surface area contributed by atoms with Crippen molar-refractivity contribution in [1.82, 2.24) is 10.6 Å². The van der Waals surface area contributed by atoms with E-state index in [4.69, 9.17) is 0 Å². The van der Waals surface area contributed by atoms with Crippen molar-refractivity contribution in [3.05, 3.63) is 0 Å². The van der Waals surface area contributed by atoms with Crippen LogP contribution in [0.25, 0.3) is 0 Å². The standard InChI is InChI=1S/C11H18N2O2/c1-7-4-10(2,3)6-11(5-7)8(14)12-9(15)13-11/h7H,4-6H2,1-3H3,(H2,12,13,14,15)/t7-,11-/m1/s1. The van der Waals surface area contributed by atoms with Crippen LogP contribution in [-0.4, -0.2) is 17.5 Å². The van der Waals surface area contributed by atoms with Gasteiger partial charge >= 0.3 is 6.03 Å². The minimum Gasteiger partial charge on any atom is -0.323 e. The van der Waals surface area contributed by atoms with Crippen molar-refractivity contribution in [2.24, 2.45) is 11.3 Å². The van der Waals surface area contributed by atoms with Crippen LogP contribution in [0.5, 0.6) is 0 Å². The zero-order valence-electron chi connectivity index (χ0n) is 9.52. The zero-order chi connectivity index (χ0) is 11.3. The molecular weight excluding hydrogens is 192 g/mol. The maximum atomic E-state index is 11.8. The van der Waals surface area contributed by atoms with E-state index in [0.29, 0.717) is 5.92 Å². The Balaban J connectivity index is 2.28. The largest absolute Gasteiger partial charge is 0.323 e. The Labute approximate surface area is 89.8 Å². The lowest BCUT2D eigenvalue weighted by Gasteiger charge is -2.43. The van der Waals surface area contributed by atoms with E-state index >= 15 is 0 Å². The number of hydrogen-bond acceptors (Lipinski definition) is 2. The van der Waals surface area contributed by atoms with E-state index in [-0.39, 0.29) is 17.4 Å². The van der Waals surface area contributed by atoms with Crippen LogP contribution in [0.15, 0.2) is 0 Å². The van der Waals surface area contributed by atoms with Gasteiger partial charge in [-0.05, 0) is 30.6 Å². The van der Waals surface area contributed by atoms with Crippen molar-refractivity contribution in [2.75, 3.05) is 0 Å². The highest BCUT2D eigenvalue weighted by molar-refractivity contribution is 6.07. The molecule has 1 aliphatic heterocycles. The molecule has 1 saturated carbocycles. The van der Waals surface area contributed by atoms with Gasteiger partial charge in [0.15, 0.2) is 0 Å². The van der Waals surface area contributed by atoms with Crippen molar-refractivity contribution >= 4 is 11.9 Å². The predicted molar refractivity (Wildman–Crippen MR) is 56.2 cm³/mol. The summed E-state index contributed by atoms with van der Waals surface area (Å²) in [5.41, 5.74) is -0.523. The minimum atomic E-state index is -0.641. The summed E-state index contributed by atoms with van der Waals surface area (Å²) < 4.78 is 0. The molecule has 0 aromatic carbocycles. The lowest BCUT2D eigenvalue weighted by atomic mass is 9.64. The number of carbonyl (C=O) groups excluding carboxylic acids is 2. The molecule has 15 heavy (non-hydrogen) atoms. The molecule has 1 aliphatic carbocycles. The molecule has 0 aromatic rings. The van der Waals surface area contributed by atoms with E-state index in [0.717, 1.165) is 19.3 Å². The second-order valence-corrected chi connectivity index (χ2v) is 5.84. The molecule has 0 unspecified atom stereocenters. The number of hydrogen-bond donors (Lipinski definition) is 2. The molecule has 84 valence electrons. The van der Waals surface area contributed by atoms with Crippen LogP contribution >= 0.6 is 0 Å². The van der Waals surface area contributed by atoms with E-state index in [1.807, 2.05) is 0 Å². The SMILES string of the molecule is C[C@@H]1CC(C)(C)C[C@@]2(C1)NC(=O)NC2=O. The molecule has 1 heterocycles. The van der Waals surface area contributed by atoms with Gasteiger partial charge in [0, 0.05) is 0 Å². The fourth-order valence-corrected chi connectivity index (χ4v) is 3.37. The van der Waals surface area contributed by atoms with Crippen LogP contribution in [0, 0.1) is 11.3 Å². The Morgan fingerprint density at radius 2 is 1.93 bits per heavy atom. The fourth-order valence-electron chi connectivity index (χ4n) is 3.37. The highest BCUT2D eigenvalue weighted by Crippen LogP contribution is 2.44. The van der Waals surface area contributed by atoms with Gasteiger partial charge in [0.05, 0.1) is 0 Å². The van der Waals surface area contributed by atoms with Gasteiger partial charge in [0.2, 0.25) is 0 Å². The molecule has 1 saturated heterocycles. The smallest absolute Gasteiger partial charge is 0.322 e. The third kappa shape index (κ3) is 1.73. The molecule has 2 aliphatic rings. The second-order valence-electron chi connectivity index (χ2n) is 5.84. The number of imide groups is 1. The maximum Gasteiger partial charge on any atom is 0.322 e. The topological polar surface area (TPSA) is 58.2 Å². The monoisotopic (exact) mass is 210 g/mol. The Hall–Kier alpha value is -1.06. The average molecular weight is 210 g/mol. The summed E-state index contributed by atoms with van der Waals surface area (Å²) >= 11 is 0. The molecule has 0 bridgehead atoms. The Morgan fingerprint density at radius 1 is 1.27 bits per heavy atom. The molecule has 2 atom stereocenters. The van der Waals surface area contributed by atoms with Crippen molar-refractivity contribution in [3.63, 3.8) is 0 Å². The Morgan fingerprint density at radius 3 is 2.40 bits per heavy atom. The van der Waals surface area contributed by atoms with Crippen LogP contribution in [0.4, 0.5) is 4.79 Å². The van der Waals surface area contributed by atoms with Crippen LogP contribution in [0.2, 0.25) is 0 Å². The molecule has 3 amide bonds. The lowest BCUT2D eigenvalue weighted by Crippen LogP contribution is -2.54. The fraction of sp³-hybridized carbons (Fsp3) is 0.818. The van der Waals surface area contributed by atoms with Gasteiger partial charge in [-0.25, -0.2) is 4.79 Å². The van der Waals surface area contributed by atoms with Crippen molar-refractivity contribution in [3.8, 4) is 0 Å². The molecule has 2 fully saturated rings. The van der Waals surface area contributed by atoms with Gasteiger partial charge < -0.3 is 5.32 Å². The number of carbonyl (C=O) groups is 2. The van der Waals surface area contributed by atoms with E-state index < -0.39 is 5.54 Å². The van der Waals surface area contributed by atoms with Gasteiger partial charge in [0.1, 0.15) is 5.54 Å². The van der Waals surface area contributed by atoms with Gasteiger partial charge in [-0.2, -0.15) is 0 Å².